The number of ketones is 1. The van der Waals surface area contributed by atoms with E-state index in [1.807, 2.05) is 13.8 Å². The Balaban J connectivity index is 3.15. The molecule has 0 heterocycles. The molecule has 1 aliphatic rings. The van der Waals surface area contributed by atoms with Gasteiger partial charge in [-0.1, -0.05) is 13.8 Å². The number of carbonyl (C=O) groups excluding carboxylic acids is 1. The maximum absolute atomic E-state index is 11.0. The molecule has 92 valence electrons. The zero-order valence-corrected chi connectivity index (χ0v) is 10.6. The summed E-state index contributed by atoms with van der Waals surface area (Å²) in [5.74, 6) is -0.120. The van der Waals surface area contributed by atoms with Gasteiger partial charge in [0.1, 0.15) is 5.60 Å². The summed E-state index contributed by atoms with van der Waals surface area (Å²) in [5.41, 5.74) is -2.95. The van der Waals surface area contributed by atoms with Gasteiger partial charge in [-0.05, 0) is 50.7 Å². The minimum atomic E-state index is -1.34. The topological polar surface area (TPSA) is 57.5 Å². The molecule has 1 aliphatic carbocycles. The van der Waals surface area contributed by atoms with Gasteiger partial charge in [0.15, 0.2) is 5.78 Å². The first-order chi connectivity index (χ1) is 7.12. The number of carbonyl (C=O) groups is 1. The van der Waals surface area contributed by atoms with Crippen LogP contribution in [-0.2, 0) is 4.79 Å². The summed E-state index contributed by atoms with van der Waals surface area (Å²) in [7, 11) is 0. The van der Waals surface area contributed by atoms with E-state index in [2.05, 4.69) is 0 Å². The van der Waals surface area contributed by atoms with E-state index in [9.17, 15) is 15.0 Å². The second kappa shape index (κ2) is 3.97. The van der Waals surface area contributed by atoms with Gasteiger partial charge in [-0.3, -0.25) is 4.79 Å². The highest BCUT2D eigenvalue weighted by molar-refractivity contribution is 5.87. The Labute approximate surface area is 97.2 Å². The molecule has 2 atom stereocenters. The molecule has 0 aromatic rings. The standard InChI is InChI=1S/C13H22O3/c1-10(14)6-9-13(16)11(2,3)7-5-8-12(13,4)15/h6,9,15-16H,5,7-8H2,1-4H3/b9-6+/t12-,13-/m1/s1. The van der Waals surface area contributed by atoms with Crippen LogP contribution in [0, 0.1) is 5.41 Å². The van der Waals surface area contributed by atoms with Crippen molar-refractivity contribution in [1.82, 2.24) is 0 Å². The highest BCUT2D eigenvalue weighted by Crippen LogP contribution is 2.49. The maximum atomic E-state index is 11.0. The molecule has 0 bridgehead atoms. The molecular weight excluding hydrogens is 204 g/mol. The summed E-state index contributed by atoms with van der Waals surface area (Å²) in [6, 6.07) is 0. The van der Waals surface area contributed by atoms with E-state index in [0.717, 1.165) is 12.8 Å². The number of hydrogen-bond donors (Lipinski definition) is 2. The first-order valence-electron chi connectivity index (χ1n) is 5.77. The van der Waals surface area contributed by atoms with Crippen molar-refractivity contribution in [2.24, 2.45) is 5.41 Å². The van der Waals surface area contributed by atoms with Crippen molar-refractivity contribution in [2.45, 2.75) is 58.2 Å². The Kier molecular flexibility index (Phi) is 3.32. The van der Waals surface area contributed by atoms with Crippen LogP contribution in [0.5, 0.6) is 0 Å². The second-order valence-electron chi connectivity index (χ2n) is 5.72. The summed E-state index contributed by atoms with van der Waals surface area (Å²) >= 11 is 0. The molecule has 0 saturated heterocycles. The first-order valence-corrected chi connectivity index (χ1v) is 5.77. The van der Waals surface area contributed by atoms with Crippen LogP contribution in [0.15, 0.2) is 12.2 Å². The van der Waals surface area contributed by atoms with E-state index in [1.54, 1.807) is 6.92 Å². The number of allylic oxidation sites excluding steroid dienone is 1. The fourth-order valence-corrected chi connectivity index (χ4v) is 2.63. The van der Waals surface area contributed by atoms with E-state index in [-0.39, 0.29) is 5.78 Å². The molecule has 3 heteroatoms. The van der Waals surface area contributed by atoms with Crippen LogP contribution >= 0.6 is 0 Å². The molecule has 0 aliphatic heterocycles. The fraction of sp³-hybridized carbons (Fsp3) is 0.769. The van der Waals surface area contributed by atoms with Gasteiger partial charge >= 0.3 is 0 Å². The Morgan fingerprint density at radius 3 is 2.19 bits per heavy atom. The highest BCUT2D eigenvalue weighted by Gasteiger charge is 2.56. The van der Waals surface area contributed by atoms with Gasteiger partial charge in [0.25, 0.3) is 0 Å². The van der Waals surface area contributed by atoms with Gasteiger partial charge < -0.3 is 10.2 Å². The molecule has 3 nitrogen and oxygen atoms in total. The molecule has 16 heavy (non-hydrogen) atoms. The third-order valence-electron chi connectivity index (χ3n) is 3.88. The van der Waals surface area contributed by atoms with Crippen LogP contribution in [-0.4, -0.2) is 27.2 Å². The fourth-order valence-electron chi connectivity index (χ4n) is 2.63. The largest absolute Gasteiger partial charge is 0.387 e. The van der Waals surface area contributed by atoms with Gasteiger partial charge in [-0.25, -0.2) is 0 Å². The van der Waals surface area contributed by atoms with E-state index in [1.165, 1.54) is 19.1 Å². The highest BCUT2D eigenvalue weighted by atomic mass is 16.4. The third-order valence-corrected chi connectivity index (χ3v) is 3.88. The molecule has 0 radical (unpaired) electrons. The molecule has 1 fully saturated rings. The van der Waals surface area contributed by atoms with Gasteiger partial charge in [-0.15, -0.1) is 0 Å². The van der Waals surface area contributed by atoms with Crippen molar-refractivity contribution in [3.05, 3.63) is 12.2 Å². The van der Waals surface area contributed by atoms with E-state index in [4.69, 9.17) is 0 Å². The van der Waals surface area contributed by atoms with E-state index in [0.29, 0.717) is 6.42 Å². The average molecular weight is 226 g/mol. The van der Waals surface area contributed by atoms with Crippen molar-refractivity contribution in [2.75, 3.05) is 0 Å². The van der Waals surface area contributed by atoms with Gasteiger partial charge in [0.05, 0.1) is 5.60 Å². The molecular formula is C13H22O3. The minimum absolute atomic E-state index is 0.120. The molecule has 0 amide bonds. The zero-order chi connectivity index (χ0) is 12.6. The Bertz CT molecular complexity index is 297. The number of aliphatic hydroxyl groups is 2. The summed E-state index contributed by atoms with van der Waals surface area (Å²) in [6.07, 6.45) is 5.09. The lowest BCUT2D eigenvalue weighted by atomic mass is 9.58. The quantitative estimate of drug-likeness (QED) is 0.706. The third kappa shape index (κ3) is 2.06. The molecule has 0 aromatic carbocycles. The van der Waals surface area contributed by atoms with E-state index < -0.39 is 16.6 Å². The van der Waals surface area contributed by atoms with Crippen LogP contribution < -0.4 is 0 Å². The number of rotatable bonds is 2. The van der Waals surface area contributed by atoms with Crippen molar-refractivity contribution in [3.63, 3.8) is 0 Å². The molecule has 0 unspecified atom stereocenters. The van der Waals surface area contributed by atoms with Crippen LogP contribution in [0.4, 0.5) is 0 Å². The van der Waals surface area contributed by atoms with Crippen LogP contribution in [0.2, 0.25) is 0 Å². The smallest absolute Gasteiger partial charge is 0.152 e. The van der Waals surface area contributed by atoms with Crippen LogP contribution in [0.3, 0.4) is 0 Å². The molecule has 2 N–H and O–H groups in total. The zero-order valence-electron chi connectivity index (χ0n) is 10.6. The van der Waals surface area contributed by atoms with Gasteiger partial charge in [0.2, 0.25) is 0 Å². The lowest BCUT2D eigenvalue weighted by molar-refractivity contribution is -0.194. The Hall–Kier alpha value is -0.670. The second-order valence-corrected chi connectivity index (χ2v) is 5.72. The summed E-state index contributed by atoms with van der Waals surface area (Å²) in [5, 5.41) is 21.0. The monoisotopic (exact) mass is 226 g/mol. The van der Waals surface area contributed by atoms with Crippen molar-refractivity contribution < 1.29 is 15.0 Å². The summed E-state index contributed by atoms with van der Waals surface area (Å²) in [6.45, 7) is 6.92. The SMILES string of the molecule is CC(=O)/C=C/[C@@]1(O)C(C)(C)CCC[C@@]1(C)O. The summed E-state index contributed by atoms with van der Waals surface area (Å²) in [4.78, 5) is 11.0. The van der Waals surface area contributed by atoms with Gasteiger partial charge in [-0.2, -0.15) is 0 Å². The summed E-state index contributed by atoms with van der Waals surface area (Å²) < 4.78 is 0. The van der Waals surface area contributed by atoms with Crippen molar-refractivity contribution >= 4 is 5.78 Å². The Morgan fingerprint density at radius 1 is 1.19 bits per heavy atom. The lowest BCUT2D eigenvalue weighted by Crippen LogP contribution is -2.62. The van der Waals surface area contributed by atoms with Crippen molar-refractivity contribution in [1.29, 1.82) is 0 Å². The average Bonchev–Trinajstić information content (AvgIpc) is 2.10. The molecule has 1 rings (SSSR count). The molecule has 0 aromatic heterocycles. The van der Waals surface area contributed by atoms with Crippen LogP contribution in [0.25, 0.3) is 0 Å². The van der Waals surface area contributed by atoms with Gasteiger partial charge in [0, 0.05) is 0 Å². The molecule has 1 saturated carbocycles. The predicted octanol–water partition coefficient (Wildman–Crippen LogP) is 1.82. The van der Waals surface area contributed by atoms with E-state index >= 15 is 0 Å². The number of hydrogen-bond acceptors (Lipinski definition) is 3. The lowest BCUT2D eigenvalue weighted by Gasteiger charge is -2.53. The predicted molar refractivity (Wildman–Crippen MR) is 63.0 cm³/mol. The maximum Gasteiger partial charge on any atom is 0.152 e. The Morgan fingerprint density at radius 2 is 1.75 bits per heavy atom. The molecule has 0 spiro atoms. The van der Waals surface area contributed by atoms with Crippen molar-refractivity contribution in [3.8, 4) is 0 Å². The normalized spacial score (nSPS) is 38.9. The minimum Gasteiger partial charge on any atom is -0.387 e. The first kappa shape index (κ1) is 13.4. The van der Waals surface area contributed by atoms with Crippen LogP contribution in [0.1, 0.15) is 47.0 Å².